The molecule has 0 aliphatic carbocycles. The van der Waals surface area contributed by atoms with E-state index in [-0.39, 0.29) is 5.91 Å². The number of nitrogens with one attached hydrogen (secondary N) is 1. The number of hydrogen-bond donors (Lipinski definition) is 1. The highest BCUT2D eigenvalue weighted by atomic mass is 16.2. The third kappa shape index (κ3) is 2.19. The monoisotopic (exact) mass is 241 g/mol. The van der Waals surface area contributed by atoms with Gasteiger partial charge in [-0.25, -0.2) is 0 Å². The average molecular weight is 241 g/mol. The normalized spacial score (nSPS) is 16.2. The molecular formula is C14H15N3O. The molecule has 4 heteroatoms. The van der Waals surface area contributed by atoms with Gasteiger partial charge in [0.15, 0.2) is 0 Å². The number of carbonyl (C=O) groups excluding carboxylic acids is 1. The summed E-state index contributed by atoms with van der Waals surface area (Å²) < 4.78 is 0. The number of carbonyl (C=O) groups is 1. The first-order valence-corrected chi connectivity index (χ1v) is 6.15. The molecule has 0 spiro atoms. The number of rotatable bonds is 2. The molecule has 1 N–H and O–H groups in total. The van der Waals surface area contributed by atoms with Gasteiger partial charge in [0.2, 0.25) is 5.91 Å². The summed E-state index contributed by atoms with van der Waals surface area (Å²) >= 11 is 0. The fourth-order valence-electron chi connectivity index (χ4n) is 2.26. The Kier molecular flexibility index (Phi) is 2.94. The van der Waals surface area contributed by atoms with E-state index in [4.69, 9.17) is 0 Å². The minimum Gasteiger partial charge on any atom is -0.336 e. The lowest BCUT2D eigenvalue weighted by Gasteiger charge is -2.27. The van der Waals surface area contributed by atoms with E-state index >= 15 is 0 Å². The number of fused-ring (bicyclic) bond motifs is 1. The van der Waals surface area contributed by atoms with Crippen molar-refractivity contribution >= 4 is 16.8 Å². The van der Waals surface area contributed by atoms with Crippen LogP contribution in [-0.4, -0.2) is 35.4 Å². The van der Waals surface area contributed by atoms with E-state index < -0.39 is 0 Å². The minimum atomic E-state index is 0.174. The predicted octanol–water partition coefficient (Wildman–Crippen LogP) is 1.17. The summed E-state index contributed by atoms with van der Waals surface area (Å²) in [4.78, 5) is 17.9. The maximum absolute atomic E-state index is 11.7. The fraction of sp³-hybridized carbons (Fsp3) is 0.286. The van der Waals surface area contributed by atoms with E-state index in [1.54, 1.807) is 6.20 Å². The summed E-state index contributed by atoms with van der Waals surface area (Å²) in [5.41, 5.74) is 2.15. The Labute approximate surface area is 106 Å². The maximum atomic E-state index is 11.7. The molecule has 0 unspecified atom stereocenters. The molecule has 1 aromatic carbocycles. The van der Waals surface area contributed by atoms with E-state index in [9.17, 15) is 4.79 Å². The third-order valence-corrected chi connectivity index (χ3v) is 3.23. The van der Waals surface area contributed by atoms with Gasteiger partial charge in [0.05, 0.1) is 12.1 Å². The first-order chi connectivity index (χ1) is 8.83. The highest BCUT2D eigenvalue weighted by molar-refractivity contribution is 5.80. The van der Waals surface area contributed by atoms with Gasteiger partial charge in [-0.1, -0.05) is 12.1 Å². The maximum Gasteiger partial charge on any atom is 0.236 e. The van der Waals surface area contributed by atoms with Gasteiger partial charge in [-0.05, 0) is 23.8 Å². The highest BCUT2D eigenvalue weighted by Gasteiger charge is 2.17. The van der Waals surface area contributed by atoms with Crippen LogP contribution in [0.3, 0.4) is 0 Å². The van der Waals surface area contributed by atoms with E-state index in [0.717, 1.165) is 29.6 Å². The molecule has 0 radical (unpaired) electrons. The lowest BCUT2D eigenvalue weighted by molar-refractivity contribution is -0.132. The highest BCUT2D eigenvalue weighted by Crippen LogP contribution is 2.15. The van der Waals surface area contributed by atoms with Crippen LogP contribution < -0.4 is 5.32 Å². The molecule has 1 aliphatic heterocycles. The molecule has 18 heavy (non-hydrogen) atoms. The largest absolute Gasteiger partial charge is 0.336 e. The lowest BCUT2D eigenvalue weighted by Crippen LogP contribution is -2.47. The number of benzene rings is 1. The van der Waals surface area contributed by atoms with Crippen molar-refractivity contribution in [2.45, 2.75) is 6.54 Å². The van der Waals surface area contributed by atoms with Crippen LogP contribution in [0.2, 0.25) is 0 Å². The summed E-state index contributed by atoms with van der Waals surface area (Å²) in [6, 6.07) is 10.1. The second-order valence-corrected chi connectivity index (χ2v) is 4.52. The predicted molar refractivity (Wildman–Crippen MR) is 70.0 cm³/mol. The molecule has 0 atom stereocenters. The summed E-state index contributed by atoms with van der Waals surface area (Å²) in [6.07, 6.45) is 1.79. The second-order valence-electron chi connectivity index (χ2n) is 4.52. The Bertz CT molecular complexity index is 582. The van der Waals surface area contributed by atoms with Crippen molar-refractivity contribution in [1.29, 1.82) is 0 Å². The van der Waals surface area contributed by atoms with Crippen molar-refractivity contribution in [2.24, 2.45) is 0 Å². The zero-order chi connectivity index (χ0) is 12.4. The molecule has 1 saturated heterocycles. The molecule has 92 valence electrons. The average Bonchev–Trinajstić information content (AvgIpc) is 2.41. The van der Waals surface area contributed by atoms with E-state index in [1.807, 2.05) is 29.2 Å². The smallest absolute Gasteiger partial charge is 0.236 e. The summed E-state index contributed by atoms with van der Waals surface area (Å²) in [6.45, 7) is 2.80. The molecular weight excluding hydrogens is 226 g/mol. The molecule has 2 aromatic rings. The van der Waals surface area contributed by atoms with Gasteiger partial charge in [0, 0.05) is 31.2 Å². The standard InChI is InChI=1S/C14H15N3O/c18-14-9-15-6-7-17(14)10-11-3-4-13-12(8-11)2-1-5-16-13/h1-5,8,15H,6-7,9-10H2. The molecule has 0 bridgehead atoms. The topological polar surface area (TPSA) is 45.2 Å². The second kappa shape index (κ2) is 4.74. The van der Waals surface area contributed by atoms with Gasteiger partial charge in [-0.2, -0.15) is 0 Å². The van der Waals surface area contributed by atoms with Crippen molar-refractivity contribution in [3.63, 3.8) is 0 Å². The Hall–Kier alpha value is -1.94. The molecule has 1 fully saturated rings. The summed E-state index contributed by atoms with van der Waals surface area (Å²) in [7, 11) is 0. The molecule has 1 amide bonds. The van der Waals surface area contributed by atoms with Crippen molar-refractivity contribution in [3.05, 3.63) is 42.1 Å². The van der Waals surface area contributed by atoms with E-state index in [2.05, 4.69) is 16.4 Å². The Morgan fingerprint density at radius 2 is 2.28 bits per heavy atom. The quantitative estimate of drug-likeness (QED) is 0.858. The number of amides is 1. The van der Waals surface area contributed by atoms with Crippen LogP contribution in [0, 0.1) is 0 Å². The first kappa shape index (κ1) is 11.2. The van der Waals surface area contributed by atoms with Crippen LogP contribution >= 0.6 is 0 Å². The van der Waals surface area contributed by atoms with Crippen LogP contribution in [0.15, 0.2) is 36.5 Å². The van der Waals surface area contributed by atoms with Gasteiger partial charge >= 0.3 is 0 Å². The summed E-state index contributed by atoms with van der Waals surface area (Å²) in [5.74, 6) is 0.174. The Morgan fingerprint density at radius 1 is 1.33 bits per heavy atom. The van der Waals surface area contributed by atoms with Gasteiger partial charge in [-0.3, -0.25) is 9.78 Å². The number of nitrogens with zero attached hydrogens (tertiary/aromatic N) is 2. The SMILES string of the molecule is O=C1CNCCN1Cc1ccc2ncccc2c1. The molecule has 4 nitrogen and oxygen atoms in total. The van der Waals surface area contributed by atoms with Gasteiger partial charge in [-0.15, -0.1) is 0 Å². The number of piperazine rings is 1. The van der Waals surface area contributed by atoms with Crippen LogP contribution in [0.4, 0.5) is 0 Å². The molecule has 1 aromatic heterocycles. The van der Waals surface area contributed by atoms with E-state index in [0.29, 0.717) is 13.1 Å². The van der Waals surface area contributed by atoms with Crippen LogP contribution in [0.25, 0.3) is 10.9 Å². The van der Waals surface area contributed by atoms with E-state index in [1.165, 1.54) is 0 Å². The van der Waals surface area contributed by atoms with Crippen molar-refractivity contribution in [2.75, 3.05) is 19.6 Å². The number of pyridine rings is 1. The lowest BCUT2D eigenvalue weighted by atomic mass is 10.1. The van der Waals surface area contributed by atoms with Crippen LogP contribution in [0.5, 0.6) is 0 Å². The number of aromatic nitrogens is 1. The van der Waals surface area contributed by atoms with Gasteiger partial charge < -0.3 is 10.2 Å². The fourth-order valence-corrected chi connectivity index (χ4v) is 2.26. The number of hydrogen-bond acceptors (Lipinski definition) is 3. The van der Waals surface area contributed by atoms with Crippen molar-refractivity contribution < 1.29 is 4.79 Å². The zero-order valence-electron chi connectivity index (χ0n) is 10.1. The zero-order valence-corrected chi connectivity index (χ0v) is 10.1. The molecule has 1 aliphatic rings. The minimum absolute atomic E-state index is 0.174. The van der Waals surface area contributed by atoms with Gasteiger partial charge in [0.25, 0.3) is 0 Å². The first-order valence-electron chi connectivity index (χ1n) is 6.15. The Morgan fingerprint density at radius 3 is 3.17 bits per heavy atom. The van der Waals surface area contributed by atoms with Crippen molar-refractivity contribution in [3.8, 4) is 0 Å². The molecule has 2 heterocycles. The van der Waals surface area contributed by atoms with Gasteiger partial charge in [0.1, 0.15) is 0 Å². The van der Waals surface area contributed by atoms with Crippen LogP contribution in [-0.2, 0) is 11.3 Å². The Balaban J connectivity index is 1.83. The molecule has 0 saturated carbocycles. The summed E-state index contributed by atoms with van der Waals surface area (Å²) in [5, 5.41) is 4.20. The van der Waals surface area contributed by atoms with Crippen LogP contribution in [0.1, 0.15) is 5.56 Å². The third-order valence-electron chi connectivity index (χ3n) is 3.23. The molecule has 3 rings (SSSR count). The van der Waals surface area contributed by atoms with Crippen molar-refractivity contribution in [1.82, 2.24) is 15.2 Å².